The van der Waals surface area contributed by atoms with E-state index < -0.39 is 11.7 Å². The molecule has 0 radical (unpaired) electrons. The van der Waals surface area contributed by atoms with Crippen LogP contribution in [0, 0.1) is 5.92 Å². The van der Waals surface area contributed by atoms with Gasteiger partial charge in [0.2, 0.25) is 0 Å². The van der Waals surface area contributed by atoms with E-state index in [1.165, 1.54) is 0 Å². The third-order valence-electron chi connectivity index (χ3n) is 5.52. The third-order valence-corrected chi connectivity index (χ3v) is 5.82. The van der Waals surface area contributed by atoms with Crippen molar-refractivity contribution in [2.75, 3.05) is 20.2 Å². The first-order valence-electron chi connectivity index (χ1n) is 10.5. The molecule has 30 heavy (non-hydrogen) atoms. The van der Waals surface area contributed by atoms with E-state index in [1.807, 2.05) is 39.0 Å². The molecule has 1 aliphatic heterocycles. The minimum absolute atomic E-state index is 0.245. The molecule has 7 heteroatoms. The van der Waals surface area contributed by atoms with Crippen molar-refractivity contribution in [3.8, 4) is 5.75 Å². The highest BCUT2D eigenvalue weighted by Crippen LogP contribution is 2.35. The average Bonchev–Trinajstić information content (AvgIpc) is 2.70. The summed E-state index contributed by atoms with van der Waals surface area (Å²) < 4.78 is 10.8. The zero-order chi connectivity index (χ0) is 21.9. The summed E-state index contributed by atoms with van der Waals surface area (Å²) in [4.78, 5) is 18.3. The number of aliphatic hydroxyl groups excluding tert-OH is 1. The Bertz CT molecular complexity index is 889. The Morgan fingerprint density at radius 2 is 2.03 bits per heavy atom. The summed E-state index contributed by atoms with van der Waals surface area (Å²) in [6, 6.07) is 5.58. The van der Waals surface area contributed by atoms with Crippen LogP contribution in [0.2, 0.25) is 5.02 Å². The first-order chi connectivity index (χ1) is 14.2. The second-order valence-electron chi connectivity index (χ2n) is 8.91. The molecule has 1 atom stereocenters. The Labute approximate surface area is 183 Å². The van der Waals surface area contributed by atoms with E-state index in [1.54, 1.807) is 18.2 Å². The Balaban J connectivity index is 1.60. The van der Waals surface area contributed by atoms with Gasteiger partial charge < -0.3 is 19.5 Å². The van der Waals surface area contributed by atoms with Crippen molar-refractivity contribution in [3.63, 3.8) is 0 Å². The van der Waals surface area contributed by atoms with Crippen LogP contribution in [0.25, 0.3) is 10.9 Å². The average molecular weight is 435 g/mol. The predicted molar refractivity (Wildman–Crippen MR) is 118 cm³/mol. The maximum atomic E-state index is 12.2. The minimum Gasteiger partial charge on any atom is -0.497 e. The lowest BCUT2D eigenvalue weighted by Gasteiger charge is -2.33. The molecular weight excluding hydrogens is 404 g/mol. The number of carbonyl (C=O) groups excluding carboxylic acids is 1. The fraction of sp³-hybridized carbons (Fsp3) is 0.565. The zero-order valence-electron chi connectivity index (χ0n) is 18.2. The highest BCUT2D eigenvalue weighted by atomic mass is 35.5. The zero-order valence-corrected chi connectivity index (χ0v) is 18.9. The van der Waals surface area contributed by atoms with Gasteiger partial charge in [-0.25, -0.2) is 4.79 Å². The lowest BCUT2D eigenvalue weighted by Crippen LogP contribution is -2.41. The van der Waals surface area contributed by atoms with E-state index in [2.05, 4.69) is 4.98 Å². The summed E-state index contributed by atoms with van der Waals surface area (Å²) in [5.74, 6) is 1.16. The highest BCUT2D eigenvalue weighted by molar-refractivity contribution is 6.32. The quantitative estimate of drug-likeness (QED) is 0.686. The van der Waals surface area contributed by atoms with Gasteiger partial charge in [-0.05, 0) is 70.6 Å². The number of hydrogen-bond donors (Lipinski definition) is 1. The molecule has 1 fully saturated rings. The number of carbonyl (C=O) groups is 1. The number of aliphatic hydroxyl groups is 1. The number of piperidine rings is 1. The predicted octanol–water partition coefficient (Wildman–Crippen LogP) is 5.36. The van der Waals surface area contributed by atoms with Crippen molar-refractivity contribution in [1.29, 1.82) is 0 Å². The van der Waals surface area contributed by atoms with Crippen LogP contribution < -0.4 is 4.74 Å². The number of ether oxygens (including phenoxy) is 2. The first kappa shape index (κ1) is 22.6. The summed E-state index contributed by atoms with van der Waals surface area (Å²) in [5.41, 5.74) is 1.000. The SMILES string of the molecule is COc1ccc2ncc(Cl)c(C(O)CCC3CCN(C(=O)OC(C)(C)C)CC3)c2c1. The van der Waals surface area contributed by atoms with Crippen molar-refractivity contribution < 1.29 is 19.4 Å². The molecule has 0 bridgehead atoms. The van der Waals surface area contributed by atoms with E-state index in [-0.39, 0.29) is 6.09 Å². The van der Waals surface area contributed by atoms with Gasteiger partial charge in [0, 0.05) is 30.2 Å². The molecule has 0 aliphatic carbocycles. The molecule has 2 aromatic rings. The van der Waals surface area contributed by atoms with Crippen LogP contribution in [0.15, 0.2) is 24.4 Å². The number of halogens is 1. The molecule has 6 nitrogen and oxygen atoms in total. The number of methoxy groups -OCH3 is 1. The van der Waals surface area contributed by atoms with Gasteiger partial charge in [-0.1, -0.05) is 11.6 Å². The molecule has 0 spiro atoms. The highest BCUT2D eigenvalue weighted by Gasteiger charge is 2.27. The lowest BCUT2D eigenvalue weighted by atomic mass is 9.89. The number of nitrogens with zero attached hydrogens (tertiary/aromatic N) is 2. The summed E-state index contributed by atoms with van der Waals surface area (Å²) in [7, 11) is 1.61. The van der Waals surface area contributed by atoms with Crippen LogP contribution in [0.5, 0.6) is 5.75 Å². The Morgan fingerprint density at radius 1 is 1.33 bits per heavy atom. The van der Waals surface area contributed by atoms with Gasteiger partial charge in [0.15, 0.2) is 0 Å². The third kappa shape index (κ3) is 5.55. The van der Waals surface area contributed by atoms with Crippen molar-refractivity contribution in [1.82, 2.24) is 9.88 Å². The van der Waals surface area contributed by atoms with Crippen molar-refractivity contribution >= 4 is 28.6 Å². The number of fused-ring (bicyclic) bond motifs is 1. The summed E-state index contributed by atoms with van der Waals surface area (Å²) >= 11 is 6.40. The largest absolute Gasteiger partial charge is 0.497 e. The van der Waals surface area contributed by atoms with Crippen LogP contribution in [0.4, 0.5) is 4.79 Å². The van der Waals surface area contributed by atoms with Crippen LogP contribution in [0.3, 0.4) is 0 Å². The fourth-order valence-corrected chi connectivity index (χ4v) is 4.18. The van der Waals surface area contributed by atoms with E-state index in [9.17, 15) is 9.90 Å². The van der Waals surface area contributed by atoms with Crippen molar-refractivity contribution in [3.05, 3.63) is 35.0 Å². The Morgan fingerprint density at radius 3 is 2.67 bits per heavy atom. The molecule has 0 saturated carbocycles. The number of amides is 1. The lowest BCUT2D eigenvalue weighted by molar-refractivity contribution is 0.0174. The van der Waals surface area contributed by atoms with Crippen LogP contribution in [0.1, 0.15) is 58.1 Å². The number of rotatable bonds is 5. The van der Waals surface area contributed by atoms with Gasteiger partial charge in [0.05, 0.1) is 23.8 Å². The number of aromatic nitrogens is 1. The van der Waals surface area contributed by atoms with Gasteiger partial charge in [0.1, 0.15) is 11.4 Å². The molecule has 1 amide bonds. The number of likely N-dealkylation sites (tertiary alicyclic amines) is 1. The van der Waals surface area contributed by atoms with Gasteiger partial charge in [0.25, 0.3) is 0 Å². The van der Waals surface area contributed by atoms with Crippen LogP contribution >= 0.6 is 11.6 Å². The summed E-state index contributed by atoms with van der Waals surface area (Å²) in [5, 5.41) is 12.2. The van der Waals surface area contributed by atoms with Gasteiger partial charge in [-0.3, -0.25) is 4.98 Å². The van der Waals surface area contributed by atoms with Gasteiger partial charge in [-0.15, -0.1) is 0 Å². The van der Waals surface area contributed by atoms with E-state index >= 15 is 0 Å². The summed E-state index contributed by atoms with van der Waals surface area (Å²) in [6.45, 7) is 7.01. The maximum Gasteiger partial charge on any atom is 0.410 e. The fourth-order valence-electron chi connectivity index (χ4n) is 3.90. The Hall–Kier alpha value is -2.05. The summed E-state index contributed by atoms with van der Waals surface area (Å²) in [6.07, 6.45) is 3.95. The second-order valence-corrected chi connectivity index (χ2v) is 9.31. The molecule has 1 aromatic heterocycles. The smallest absolute Gasteiger partial charge is 0.410 e. The normalized spacial score (nSPS) is 16.5. The maximum absolute atomic E-state index is 12.2. The first-order valence-corrected chi connectivity index (χ1v) is 10.8. The molecule has 1 unspecified atom stereocenters. The van der Waals surface area contributed by atoms with E-state index in [4.69, 9.17) is 21.1 Å². The Kier molecular flexibility index (Phi) is 7.09. The van der Waals surface area contributed by atoms with Crippen molar-refractivity contribution in [2.45, 2.75) is 58.2 Å². The van der Waals surface area contributed by atoms with E-state index in [0.717, 1.165) is 30.2 Å². The van der Waals surface area contributed by atoms with Crippen LogP contribution in [-0.2, 0) is 4.74 Å². The molecule has 164 valence electrons. The molecule has 2 heterocycles. The van der Waals surface area contributed by atoms with Gasteiger partial charge >= 0.3 is 6.09 Å². The standard InChI is InChI=1S/C23H31ClN2O4/c1-23(2,3)30-22(28)26-11-9-15(10-12-26)5-8-20(27)21-17-13-16(29-4)6-7-19(17)25-14-18(21)24/h6-7,13-15,20,27H,5,8-12H2,1-4H3. The van der Waals surface area contributed by atoms with E-state index in [0.29, 0.717) is 41.8 Å². The van der Waals surface area contributed by atoms with Gasteiger partial charge in [-0.2, -0.15) is 0 Å². The van der Waals surface area contributed by atoms with Crippen molar-refractivity contribution in [2.24, 2.45) is 5.92 Å². The molecule has 3 rings (SSSR count). The molecule has 1 saturated heterocycles. The minimum atomic E-state index is -0.681. The molecule has 1 N–H and O–H groups in total. The monoisotopic (exact) mass is 434 g/mol. The second kappa shape index (κ2) is 9.40. The topological polar surface area (TPSA) is 71.9 Å². The molecular formula is C23H31ClN2O4. The number of benzene rings is 1. The number of hydrogen-bond acceptors (Lipinski definition) is 5. The van der Waals surface area contributed by atoms with Crippen LogP contribution in [-0.4, -0.2) is 46.9 Å². The molecule has 1 aliphatic rings. The number of pyridine rings is 1. The molecule has 1 aromatic carbocycles.